The van der Waals surface area contributed by atoms with Gasteiger partial charge in [-0.1, -0.05) is 0 Å². The Labute approximate surface area is 403 Å². The lowest BCUT2D eigenvalue weighted by molar-refractivity contribution is -0.119. The molecule has 2 unspecified atom stereocenters. The number of benzene rings is 2. The average molecular weight is 1460 g/mol. The van der Waals surface area contributed by atoms with Crippen LogP contribution in [0.3, 0.4) is 0 Å². The largest absolute Gasteiger partial charge is 0.394 e. The molecule has 24 heteroatoms. The number of halogens is 6. The zero-order valence-electron chi connectivity index (χ0n) is 29.8. The molecule has 0 spiro atoms. The van der Waals surface area contributed by atoms with Crippen molar-refractivity contribution in [3.8, 4) is 0 Å². The highest BCUT2D eigenvalue weighted by molar-refractivity contribution is 14.1. The molecule has 0 saturated heterocycles. The molecule has 2 aromatic rings. The van der Waals surface area contributed by atoms with Crippen LogP contribution >= 0.6 is 136 Å². The second-order valence-corrected chi connectivity index (χ2v) is 18.4. The van der Waals surface area contributed by atoms with E-state index in [1.807, 2.05) is 136 Å². The third-order valence-corrected chi connectivity index (χ3v) is 14.1. The number of hydrogen-bond donors (Lipinski definition) is 9. The highest BCUT2D eigenvalue weighted by Gasteiger charge is 2.33. The maximum absolute atomic E-state index is 14.3. The maximum Gasteiger partial charge on any atom is 0.256 e. The number of amides is 6. The third kappa shape index (κ3) is 13.0. The first-order valence-corrected chi connectivity index (χ1v) is 22.5. The van der Waals surface area contributed by atoms with Gasteiger partial charge in [0.25, 0.3) is 23.6 Å². The molecule has 2 rings (SSSR count). The summed E-state index contributed by atoms with van der Waals surface area (Å²) >= 11 is 11.1. The molecule has 18 nitrogen and oxygen atoms in total. The zero-order valence-corrected chi connectivity index (χ0v) is 42.7. The molecule has 0 radical (unpaired) electrons. The predicted octanol–water partition coefficient (Wildman–Crippen LogP) is 0.918. The van der Waals surface area contributed by atoms with Crippen LogP contribution in [0.1, 0.15) is 47.9 Å². The fourth-order valence-corrected chi connectivity index (χ4v) is 13.6. The zero-order chi connectivity index (χ0) is 42.8. The lowest BCUT2D eigenvalue weighted by Crippen LogP contribution is -2.41. The van der Waals surface area contributed by atoms with Gasteiger partial charge in [0, 0.05) is 54.5 Å². The van der Waals surface area contributed by atoms with E-state index in [-0.39, 0.29) is 84.1 Å². The molecule has 0 saturated carbocycles. The lowest BCUT2D eigenvalue weighted by atomic mass is 10.1. The summed E-state index contributed by atoms with van der Waals surface area (Å²) in [7, 11) is 4.43. The van der Waals surface area contributed by atoms with Crippen LogP contribution in [0, 0.1) is 21.4 Å². The van der Waals surface area contributed by atoms with Gasteiger partial charge in [-0.25, -0.2) is 0 Å². The summed E-state index contributed by atoms with van der Waals surface area (Å²) in [5.41, 5.74) is 0.395. The maximum atomic E-state index is 14.3. The van der Waals surface area contributed by atoms with E-state index in [1.54, 1.807) is 0 Å². The summed E-state index contributed by atoms with van der Waals surface area (Å²) in [6.45, 7) is -3.73. The number of carbonyl (C=O) groups excluding carboxylic acids is 6. The quantitative estimate of drug-likeness (QED) is 0.0746. The number of anilines is 2. The number of nitrogens with one attached hydrogen (secondary N) is 3. The fourth-order valence-electron chi connectivity index (χ4n) is 4.85. The van der Waals surface area contributed by atoms with Crippen molar-refractivity contribution in [3.63, 3.8) is 0 Å². The van der Waals surface area contributed by atoms with Crippen LogP contribution in [0.15, 0.2) is 0 Å². The van der Waals surface area contributed by atoms with Crippen molar-refractivity contribution in [1.29, 1.82) is 0 Å². The van der Waals surface area contributed by atoms with E-state index >= 15 is 0 Å². The number of aliphatic hydroxyl groups is 6. The monoisotopic (exact) mass is 1460 g/mol. The molecule has 2 atom stereocenters. The number of likely N-dealkylation sites (N-methyl/N-ethyl adjacent to an activating group) is 1. The Hall–Kier alpha value is -0.600. The first kappa shape index (κ1) is 51.5. The van der Waals surface area contributed by atoms with Gasteiger partial charge in [-0.15, -0.1) is 0 Å². The van der Waals surface area contributed by atoms with Gasteiger partial charge in [0.05, 0.1) is 73.3 Å². The summed E-state index contributed by atoms with van der Waals surface area (Å²) in [6.07, 6.45) is -2.50. The van der Waals surface area contributed by atoms with Crippen molar-refractivity contribution in [2.24, 2.45) is 0 Å². The van der Waals surface area contributed by atoms with Gasteiger partial charge >= 0.3 is 0 Å². The fraction of sp³-hybridized carbons (Fsp3) is 0.438. The number of hydrogen-bond acceptors (Lipinski definition) is 12. The smallest absolute Gasteiger partial charge is 0.256 e. The molecule has 0 bridgehead atoms. The first-order valence-electron chi connectivity index (χ1n) is 16.0. The minimum absolute atomic E-state index is 0.0153. The molecule has 56 heavy (non-hydrogen) atoms. The summed E-state index contributed by atoms with van der Waals surface area (Å²) in [5.74, 6) is -3.99. The van der Waals surface area contributed by atoms with E-state index in [4.69, 9.17) is 0 Å². The molecular weight excluding hydrogens is 1420 g/mol. The molecule has 0 heterocycles. The van der Waals surface area contributed by atoms with Gasteiger partial charge in [0.15, 0.2) is 0 Å². The van der Waals surface area contributed by atoms with Crippen molar-refractivity contribution < 1.29 is 59.4 Å². The Balaban J connectivity index is 2.55. The molecule has 9 N–H and O–H groups in total. The SMILES string of the molecule is CN(C)C(=O)c1c(I)c(NC(=O)CO)c(I)c(C(=O)N(CCCNC(=O)c2c(I)c(NC(=O)CO)c(I)c(C(=O)N(C)CC(O)CO)c2I)CC(O)CO)c1I. The Morgan fingerprint density at radius 3 is 1.45 bits per heavy atom. The van der Waals surface area contributed by atoms with Gasteiger partial charge in [-0.05, 0) is 142 Å². The molecule has 0 aliphatic rings. The van der Waals surface area contributed by atoms with Crippen LogP contribution < -0.4 is 16.0 Å². The van der Waals surface area contributed by atoms with Crippen molar-refractivity contribution in [2.45, 2.75) is 18.6 Å². The van der Waals surface area contributed by atoms with E-state index in [0.717, 1.165) is 4.90 Å². The molecule has 6 amide bonds. The first-order chi connectivity index (χ1) is 26.2. The molecule has 0 fully saturated rings. The second kappa shape index (κ2) is 24.0. The molecule has 0 aliphatic carbocycles. The molecule has 2 aromatic carbocycles. The van der Waals surface area contributed by atoms with Crippen LogP contribution in [-0.2, 0) is 9.59 Å². The van der Waals surface area contributed by atoms with Gasteiger partial charge in [0.2, 0.25) is 11.8 Å². The number of carbonyl (C=O) groups is 6. The average Bonchev–Trinajstić information content (AvgIpc) is 3.15. The van der Waals surface area contributed by atoms with Crippen LogP contribution in [-0.4, -0.2) is 167 Å². The van der Waals surface area contributed by atoms with Crippen molar-refractivity contribution in [1.82, 2.24) is 20.0 Å². The van der Waals surface area contributed by atoms with Crippen molar-refractivity contribution >= 4 is 182 Å². The van der Waals surface area contributed by atoms with Crippen molar-refractivity contribution in [3.05, 3.63) is 43.7 Å². The van der Waals surface area contributed by atoms with E-state index in [0.29, 0.717) is 3.57 Å². The molecule has 310 valence electrons. The third-order valence-electron chi connectivity index (χ3n) is 7.59. The number of rotatable bonds is 18. The lowest BCUT2D eigenvalue weighted by Gasteiger charge is -2.28. The summed E-state index contributed by atoms with van der Waals surface area (Å²) in [4.78, 5) is 83.2. The highest BCUT2D eigenvalue weighted by atomic mass is 127. The Kier molecular flexibility index (Phi) is 22.1. The van der Waals surface area contributed by atoms with E-state index in [2.05, 4.69) is 16.0 Å². The molecule has 0 aliphatic heterocycles. The highest BCUT2D eigenvalue weighted by Crippen LogP contribution is 2.38. The molecular formula is C32H38I6N6O12. The van der Waals surface area contributed by atoms with E-state index < -0.39 is 74.1 Å². The Morgan fingerprint density at radius 2 is 1.00 bits per heavy atom. The topological polar surface area (TPSA) is 270 Å². The van der Waals surface area contributed by atoms with Gasteiger partial charge in [-0.3, -0.25) is 28.8 Å². The van der Waals surface area contributed by atoms with Gasteiger partial charge < -0.3 is 61.3 Å². The van der Waals surface area contributed by atoms with Crippen molar-refractivity contribution in [2.75, 3.05) is 84.4 Å². The normalized spacial score (nSPS) is 12.1. The van der Waals surface area contributed by atoms with E-state index in [1.165, 1.54) is 30.9 Å². The Bertz CT molecular complexity index is 1850. The number of nitrogens with zero attached hydrogens (tertiary/aromatic N) is 3. The minimum atomic E-state index is -1.36. The molecule has 0 aromatic heterocycles. The number of aliphatic hydroxyl groups excluding tert-OH is 6. The minimum Gasteiger partial charge on any atom is -0.394 e. The van der Waals surface area contributed by atoms with Gasteiger partial charge in [-0.2, -0.15) is 0 Å². The Morgan fingerprint density at radius 1 is 0.589 bits per heavy atom. The van der Waals surface area contributed by atoms with E-state index in [9.17, 15) is 59.4 Å². The summed E-state index contributed by atoms with van der Waals surface area (Å²) in [5, 5.41) is 65.9. The van der Waals surface area contributed by atoms with Crippen LogP contribution in [0.4, 0.5) is 11.4 Å². The predicted molar refractivity (Wildman–Crippen MR) is 255 cm³/mol. The standard InChI is InChI=1S/C32H38I6N6O12/c1-42(2)30(54)18-22(34)20(26(38)28(24(18)36)41-16(52)12-48)32(56)44(8-14(50)10-46)6-4-5-39-29(53)17-21(33)19(31(55)43(3)7-13(49)9-45)25(37)27(23(17)35)40-15(51)11-47/h13-14,45-50H,4-12H2,1-3H3,(H,39,53)(H,40,51)(H,41,52). The van der Waals surface area contributed by atoms with Crippen LogP contribution in [0.2, 0.25) is 0 Å². The van der Waals surface area contributed by atoms with Gasteiger partial charge in [0.1, 0.15) is 13.2 Å². The van der Waals surface area contributed by atoms with Crippen LogP contribution in [0.25, 0.3) is 0 Å². The second-order valence-electron chi connectivity index (χ2n) is 12.0. The van der Waals surface area contributed by atoms with Crippen LogP contribution in [0.5, 0.6) is 0 Å². The summed E-state index contributed by atoms with van der Waals surface area (Å²) < 4.78 is 1.57. The summed E-state index contributed by atoms with van der Waals surface area (Å²) in [6, 6.07) is 0.